The average molecular weight is 269 g/mol. The first kappa shape index (κ1) is 12.3. The van der Waals surface area contributed by atoms with Crippen LogP contribution in [0.25, 0.3) is 33.1 Å². The first-order chi connectivity index (χ1) is 10.4. The molecule has 0 amide bonds. The Morgan fingerprint density at radius 2 is 1.62 bits per heavy atom. The van der Waals surface area contributed by atoms with Gasteiger partial charge >= 0.3 is 0 Å². The van der Waals surface area contributed by atoms with Gasteiger partial charge in [-0.3, -0.25) is 0 Å². The second-order valence-electron chi connectivity index (χ2n) is 5.19. The van der Waals surface area contributed by atoms with Crippen LogP contribution in [0.5, 0.6) is 0 Å². The molecular formula is C19H14BO. The number of fused-ring (bicyclic) bond motifs is 3. The minimum Gasteiger partial charge on any atom is -0.455 e. The van der Waals surface area contributed by atoms with Gasteiger partial charge in [0.05, 0.1) is 0 Å². The van der Waals surface area contributed by atoms with E-state index in [9.17, 15) is 0 Å². The summed E-state index contributed by atoms with van der Waals surface area (Å²) in [6, 6.07) is 23.1. The molecule has 0 N–H and O–H groups in total. The van der Waals surface area contributed by atoms with Crippen LogP contribution in [-0.2, 0) is 0 Å². The van der Waals surface area contributed by atoms with Gasteiger partial charge in [0, 0.05) is 16.3 Å². The highest BCUT2D eigenvalue weighted by Crippen LogP contribution is 2.35. The van der Waals surface area contributed by atoms with Gasteiger partial charge in [-0.1, -0.05) is 72.9 Å². The quantitative estimate of drug-likeness (QED) is 0.483. The number of benzene rings is 3. The minimum atomic E-state index is 0.943. The smallest absolute Gasteiger partial charge is 0.148 e. The maximum atomic E-state index is 6.10. The molecule has 0 aliphatic heterocycles. The number of para-hydroxylation sites is 2. The van der Waals surface area contributed by atoms with Gasteiger partial charge in [-0.25, -0.2) is 0 Å². The van der Waals surface area contributed by atoms with Crippen molar-refractivity contribution in [1.29, 1.82) is 0 Å². The molecule has 0 unspecified atom stereocenters. The first-order valence-electron chi connectivity index (χ1n) is 7.17. The molecule has 0 atom stereocenters. The summed E-state index contributed by atoms with van der Waals surface area (Å²) in [5.41, 5.74) is 5.47. The monoisotopic (exact) mass is 269 g/mol. The molecule has 0 fully saturated rings. The van der Waals surface area contributed by atoms with Gasteiger partial charge in [0.1, 0.15) is 18.4 Å². The molecule has 3 aromatic carbocycles. The van der Waals surface area contributed by atoms with E-state index in [1.165, 1.54) is 21.8 Å². The van der Waals surface area contributed by atoms with Crippen LogP contribution in [0.15, 0.2) is 71.1 Å². The van der Waals surface area contributed by atoms with E-state index in [1.54, 1.807) is 0 Å². The largest absolute Gasteiger partial charge is 0.455 e. The van der Waals surface area contributed by atoms with Crippen molar-refractivity contribution < 1.29 is 4.42 Å². The van der Waals surface area contributed by atoms with Crippen molar-refractivity contribution in [2.24, 2.45) is 0 Å². The van der Waals surface area contributed by atoms with E-state index in [-0.39, 0.29) is 0 Å². The highest BCUT2D eigenvalue weighted by molar-refractivity contribution is 6.52. The van der Waals surface area contributed by atoms with Crippen molar-refractivity contribution >= 4 is 34.7 Å². The molecule has 2 heteroatoms. The van der Waals surface area contributed by atoms with Gasteiger partial charge in [-0.2, -0.15) is 0 Å². The Labute approximate surface area is 124 Å². The van der Waals surface area contributed by atoms with Crippen molar-refractivity contribution in [3.63, 3.8) is 0 Å². The van der Waals surface area contributed by atoms with Crippen molar-refractivity contribution in [3.8, 4) is 11.1 Å². The fourth-order valence-electron chi connectivity index (χ4n) is 2.86. The summed E-state index contributed by atoms with van der Waals surface area (Å²) in [6.45, 7) is 2.06. The summed E-state index contributed by atoms with van der Waals surface area (Å²) in [4.78, 5) is 0. The summed E-state index contributed by atoms with van der Waals surface area (Å²) in [7, 11) is 2.11. The summed E-state index contributed by atoms with van der Waals surface area (Å²) >= 11 is 0. The van der Waals surface area contributed by atoms with Crippen LogP contribution in [0.4, 0.5) is 0 Å². The molecule has 0 aliphatic carbocycles. The second kappa shape index (κ2) is 4.82. The Morgan fingerprint density at radius 3 is 2.52 bits per heavy atom. The Balaban J connectivity index is 2.04. The van der Waals surface area contributed by atoms with E-state index in [2.05, 4.69) is 68.7 Å². The molecule has 1 radical (unpaired) electrons. The SMILES string of the molecule is C[B]c1cccc(-c2cccc3c2oc2ccccc23)c1. The molecule has 1 nitrogen and oxygen atoms in total. The lowest BCUT2D eigenvalue weighted by Gasteiger charge is -2.04. The lowest BCUT2D eigenvalue weighted by atomic mass is 9.73. The predicted octanol–water partition coefficient (Wildman–Crippen LogP) is 4.63. The van der Waals surface area contributed by atoms with Gasteiger partial charge in [0.2, 0.25) is 0 Å². The molecule has 99 valence electrons. The van der Waals surface area contributed by atoms with E-state index >= 15 is 0 Å². The van der Waals surface area contributed by atoms with Crippen LogP contribution < -0.4 is 5.46 Å². The Bertz CT molecular complexity index is 937. The summed E-state index contributed by atoms with van der Waals surface area (Å²) in [5, 5.41) is 2.35. The summed E-state index contributed by atoms with van der Waals surface area (Å²) in [6.07, 6.45) is 0. The van der Waals surface area contributed by atoms with Crippen molar-refractivity contribution in [3.05, 3.63) is 66.7 Å². The molecule has 0 bridgehead atoms. The highest BCUT2D eigenvalue weighted by atomic mass is 16.3. The zero-order valence-electron chi connectivity index (χ0n) is 11.8. The molecule has 0 saturated heterocycles. The fourth-order valence-corrected chi connectivity index (χ4v) is 2.86. The topological polar surface area (TPSA) is 13.1 Å². The predicted molar refractivity (Wildman–Crippen MR) is 90.4 cm³/mol. The molecule has 1 heterocycles. The second-order valence-corrected chi connectivity index (χ2v) is 5.19. The van der Waals surface area contributed by atoms with Crippen molar-refractivity contribution in [2.75, 3.05) is 0 Å². The van der Waals surface area contributed by atoms with Gasteiger partial charge in [0.25, 0.3) is 0 Å². The first-order valence-corrected chi connectivity index (χ1v) is 7.17. The van der Waals surface area contributed by atoms with E-state index in [1.807, 2.05) is 12.1 Å². The number of furan rings is 1. The molecule has 0 spiro atoms. The van der Waals surface area contributed by atoms with Crippen LogP contribution in [-0.4, -0.2) is 7.28 Å². The third-order valence-electron chi connectivity index (χ3n) is 3.94. The Morgan fingerprint density at radius 1 is 0.810 bits per heavy atom. The van der Waals surface area contributed by atoms with E-state index in [0.717, 1.165) is 16.7 Å². The normalized spacial score (nSPS) is 11.1. The number of hydrogen-bond donors (Lipinski definition) is 0. The van der Waals surface area contributed by atoms with E-state index in [0.29, 0.717) is 0 Å². The molecule has 0 saturated carbocycles. The van der Waals surface area contributed by atoms with Gasteiger partial charge < -0.3 is 4.42 Å². The van der Waals surface area contributed by atoms with Gasteiger partial charge in [-0.05, 0) is 11.6 Å². The Hall–Kier alpha value is -2.48. The van der Waals surface area contributed by atoms with Crippen LogP contribution in [0.2, 0.25) is 6.82 Å². The van der Waals surface area contributed by atoms with Crippen LogP contribution in [0.3, 0.4) is 0 Å². The lowest BCUT2D eigenvalue weighted by molar-refractivity contribution is 0.670. The van der Waals surface area contributed by atoms with Crippen molar-refractivity contribution in [2.45, 2.75) is 6.82 Å². The van der Waals surface area contributed by atoms with Crippen LogP contribution >= 0.6 is 0 Å². The fraction of sp³-hybridized carbons (Fsp3) is 0.0526. The third-order valence-corrected chi connectivity index (χ3v) is 3.94. The molecule has 4 aromatic rings. The van der Waals surface area contributed by atoms with Gasteiger partial charge in [-0.15, -0.1) is 0 Å². The van der Waals surface area contributed by atoms with Crippen LogP contribution in [0, 0.1) is 0 Å². The molecule has 4 rings (SSSR count). The maximum absolute atomic E-state index is 6.10. The van der Waals surface area contributed by atoms with Gasteiger partial charge in [0.15, 0.2) is 0 Å². The van der Waals surface area contributed by atoms with E-state index < -0.39 is 0 Å². The summed E-state index contributed by atoms with van der Waals surface area (Å²) < 4.78 is 6.10. The highest BCUT2D eigenvalue weighted by Gasteiger charge is 2.11. The molecule has 21 heavy (non-hydrogen) atoms. The number of hydrogen-bond acceptors (Lipinski definition) is 1. The lowest BCUT2D eigenvalue weighted by Crippen LogP contribution is -2.09. The third kappa shape index (κ3) is 1.95. The van der Waals surface area contributed by atoms with Crippen molar-refractivity contribution in [1.82, 2.24) is 0 Å². The molecule has 0 aliphatic rings. The zero-order valence-corrected chi connectivity index (χ0v) is 11.8. The Kier molecular flexibility index (Phi) is 2.82. The minimum absolute atomic E-state index is 0.943. The standard InChI is InChI=1S/C19H14BO/c1-20-14-7-4-6-13(12-14)15-9-5-10-17-16-8-2-3-11-18(16)21-19(15)17/h2-12H,1H3. The molecular weight excluding hydrogens is 255 g/mol. The van der Waals surface area contributed by atoms with Crippen LogP contribution in [0.1, 0.15) is 0 Å². The maximum Gasteiger partial charge on any atom is 0.148 e. The van der Waals surface area contributed by atoms with E-state index in [4.69, 9.17) is 4.42 Å². The molecule has 1 aromatic heterocycles. The summed E-state index contributed by atoms with van der Waals surface area (Å²) in [5.74, 6) is 0. The zero-order chi connectivity index (χ0) is 14.2. The number of rotatable bonds is 2. The average Bonchev–Trinajstić information content (AvgIpc) is 2.93.